The highest BCUT2D eigenvalue weighted by Gasteiger charge is 2.17. The molecule has 1 heteroatoms. The van der Waals surface area contributed by atoms with Gasteiger partial charge < -0.3 is 0 Å². The molecule has 3 aromatic carbocycles. The minimum atomic E-state index is 0.969. The first-order valence-corrected chi connectivity index (χ1v) is 7.31. The normalized spacial score (nSPS) is 15.0. The lowest BCUT2D eigenvalue weighted by Gasteiger charge is -2.08. The summed E-state index contributed by atoms with van der Waals surface area (Å²) in [6.07, 6.45) is 3.29. The standard InChI is InChI=1S/C20H13N/c1-3-7-15-13(5-1)10-12-18-19(15)17-11-9-14-6-2-4-8-16(14)20(17)21-18/h1-10,12H,11H2. The van der Waals surface area contributed by atoms with Gasteiger partial charge in [-0.2, -0.15) is 0 Å². The van der Waals surface area contributed by atoms with Crippen molar-refractivity contribution in [1.82, 2.24) is 0 Å². The van der Waals surface area contributed by atoms with Crippen molar-refractivity contribution in [2.75, 3.05) is 0 Å². The first-order valence-electron chi connectivity index (χ1n) is 7.31. The maximum Gasteiger partial charge on any atom is 0.0757 e. The van der Waals surface area contributed by atoms with Crippen molar-refractivity contribution in [2.45, 2.75) is 6.42 Å². The van der Waals surface area contributed by atoms with Gasteiger partial charge in [-0.05, 0) is 34.1 Å². The van der Waals surface area contributed by atoms with Crippen molar-refractivity contribution in [3.8, 4) is 0 Å². The molecule has 0 saturated heterocycles. The Kier molecular flexibility index (Phi) is 2.06. The van der Waals surface area contributed by atoms with E-state index in [4.69, 9.17) is 4.99 Å². The van der Waals surface area contributed by atoms with Crippen LogP contribution in [0.3, 0.4) is 0 Å². The molecule has 0 fully saturated rings. The minimum Gasteiger partial charge on any atom is -0.247 e. The molecule has 2 aliphatic rings. The summed E-state index contributed by atoms with van der Waals surface area (Å²) in [5, 5.41) is 7.62. The quantitative estimate of drug-likeness (QED) is 0.587. The lowest BCUT2D eigenvalue weighted by Crippen LogP contribution is -2.29. The third-order valence-electron chi connectivity index (χ3n) is 4.47. The lowest BCUT2D eigenvalue weighted by molar-refractivity contribution is 1.34. The SMILES string of the molecule is C1=c2ccccc2=C2N=c3ccc4ccccc4c3=C2C1. The van der Waals surface area contributed by atoms with Crippen LogP contribution in [0.25, 0.3) is 28.1 Å². The van der Waals surface area contributed by atoms with Crippen molar-refractivity contribution in [3.05, 3.63) is 81.7 Å². The number of rotatable bonds is 0. The fourth-order valence-electron chi connectivity index (χ4n) is 3.50. The fourth-order valence-corrected chi connectivity index (χ4v) is 3.50. The summed E-state index contributed by atoms with van der Waals surface area (Å²) in [6, 6.07) is 21.5. The van der Waals surface area contributed by atoms with Gasteiger partial charge in [-0.1, -0.05) is 60.7 Å². The third kappa shape index (κ3) is 1.43. The number of benzene rings is 3. The van der Waals surface area contributed by atoms with Crippen LogP contribution >= 0.6 is 0 Å². The van der Waals surface area contributed by atoms with Gasteiger partial charge in [0.25, 0.3) is 0 Å². The zero-order chi connectivity index (χ0) is 13.8. The molecule has 1 aliphatic heterocycles. The van der Waals surface area contributed by atoms with Crippen molar-refractivity contribution < 1.29 is 0 Å². The van der Waals surface area contributed by atoms with E-state index in [-0.39, 0.29) is 0 Å². The molecule has 21 heavy (non-hydrogen) atoms. The van der Waals surface area contributed by atoms with Crippen molar-refractivity contribution in [1.29, 1.82) is 0 Å². The number of fused-ring (bicyclic) bond motifs is 5. The molecule has 0 spiro atoms. The van der Waals surface area contributed by atoms with E-state index in [0.29, 0.717) is 0 Å². The molecule has 1 nitrogen and oxygen atoms in total. The molecule has 0 aromatic heterocycles. The van der Waals surface area contributed by atoms with Gasteiger partial charge in [0.15, 0.2) is 0 Å². The molecule has 0 bridgehead atoms. The van der Waals surface area contributed by atoms with E-state index in [1.54, 1.807) is 0 Å². The van der Waals surface area contributed by atoms with E-state index in [2.05, 4.69) is 66.7 Å². The molecule has 0 N–H and O–H groups in total. The van der Waals surface area contributed by atoms with Gasteiger partial charge in [-0.15, -0.1) is 0 Å². The second-order valence-electron chi connectivity index (χ2n) is 5.62. The van der Waals surface area contributed by atoms with Crippen molar-refractivity contribution >= 4 is 28.1 Å². The van der Waals surface area contributed by atoms with E-state index in [9.17, 15) is 0 Å². The molecule has 5 rings (SSSR count). The lowest BCUT2D eigenvalue weighted by atomic mass is 9.97. The van der Waals surface area contributed by atoms with Crippen molar-refractivity contribution in [2.24, 2.45) is 4.99 Å². The second-order valence-corrected chi connectivity index (χ2v) is 5.62. The topological polar surface area (TPSA) is 12.4 Å². The summed E-state index contributed by atoms with van der Waals surface area (Å²) >= 11 is 0. The molecule has 0 radical (unpaired) electrons. The average molecular weight is 267 g/mol. The molecule has 1 heterocycles. The predicted octanol–water partition coefficient (Wildman–Crippen LogP) is 1.62. The molecular formula is C20H13N. The first kappa shape index (κ1) is 11.0. The van der Waals surface area contributed by atoms with Gasteiger partial charge in [0.2, 0.25) is 0 Å². The molecule has 98 valence electrons. The van der Waals surface area contributed by atoms with Crippen LogP contribution in [0.5, 0.6) is 0 Å². The van der Waals surface area contributed by atoms with Crippen molar-refractivity contribution in [3.63, 3.8) is 0 Å². The van der Waals surface area contributed by atoms with Gasteiger partial charge in [0.1, 0.15) is 0 Å². The Labute approximate surface area is 121 Å². The highest BCUT2D eigenvalue weighted by Crippen LogP contribution is 2.22. The van der Waals surface area contributed by atoms with Crippen LogP contribution in [0, 0.1) is 0 Å². The summed E-state index contributed by atoms with van der Waals surface area (Å²) < 4.78 is 0. The summed E-state index contributed by atoms with van der Waals surface area (Å²) in [6.45, 7) is 0. The third-order valence-corrected chi connectivity index (χ3v) is 4.47. The number of hydrogen-bond acceptors (Lipinski definition) is 1. The molecule has 0 atom stereocenters. The van der Waals surface area contributed by atoms with Crippen LogP contribution in [0.15, 0.2) is 65.7 Å². The van der Waals surface area contributed by atoms with Crippen LogP contribution in [0.2, 0.25) is 0 Å². The van der Waals surface area contributed by atoms with Gasteiger partial charge in [-0.3, -0.25) is 0 Å². The van der Waals surface area contributed by atoms with Gasteiger partial charge in [0, 0.05) is 10.4 Å². The Morgan fingerprint density at radius 3 is 2.67 bits per heavy atom. The van der Waals surface area contributed by atoms with Crippen LogP contribution in [-0.4, -0.2) is 0 Å². The van der Waals surface area contributed by atoms with E-state index >= 15 is 0 Å². The van der Waals surface area contributed by atoms with Gasteiger partial charge in [0.05, 0.1) is 11.1 Å². The van der Waals surface area contributed by atoms with Crippen LogP contribution < -0.4 is 21.0 Å². The summed E-state index contributed by atoms with van der Waals surface area (Å²) in [5.41, 5.74) is 2.54. The molecule has 0 amide bonds. The first-order chi connectivity index (χ1) is 10.4. The Hall–Kier alpha value is -2.67. The Balaban J connectivity index is 2.07. The molecule has 3 aromatic rings. The van der Waals surface area contributed by atoms with E-state index < -0.39 is 0 Å². The Morgan fingerprint density at radius 2 is 1.67 bits per heavy atom. The zero-order valence-corrected chi connectivity index (χ0v) is 11.5. The largest absolute Gasteiger partial charge is 0.247 e. The molecule has 0 unspecified atom stereocenters. The molecular weight excluding hydrogens is 254 g/mol. The van der Waals surface area contributed by atoms with Crippen LogP contribution in [0.1, 0.15) is 6.42 Å². The number of nitrogens with zero attached hydrogens (tertiary/aromatic N) is 1. The molecule has 1 aliphatic carbocycles. The molecule has 0 saturated carbocycles. The predicted molar refractivity (Wildman–Crippen MR) is 86.3 cm³/mol. The fraction of sp³-hybridized carbons (Fsp3) is 0.0500. The van der Waals surface area contributed by atoms with Gasteiger partial charge in [-0.25, -0.2) is 4.99 Å². The van der Waals surface area contributed by atoms with E-state index in [1.807, 2.05) is 0 Å². The smallest absolute Gasteiger partial charge is 0.0757 e. The monoisotopic (exact) mass is 267 g/mol. The highest BCUT2D eigenvalue weighted by molar-refractivity contribution is 5.98. The van der Waals surface area contributed by atoms with Gasteiger partial charge >= 0.3 is 0 Å². The summed E-state index contributed by atoms with van der Waals surface area (Å²) in [7, 11) is 0. The highest BCUT2D eigenvalue weighted by atomic mass is 14.8. The van der Waals surface area contributed by atoms with E-state index in [1.165, 1.54) is 37.7 Å². The van der Waals surface area contributed by atoms with Crippen LogP contribution in [-0.2, 0) is 0 Å². The maximum absolute atomic E-state index is 4.92. The summed E-state index contributed by atoms with van der Waals surface area (Å²) in [5.74, 6) is 0. The summed E-state index contributed by atoms with van der Waals surface area (Å²) in [4.78, 5) is 4.92. The average Bonchev–Trinajstić information content (AvgIpc) is 2.94. The second kappa shape index (κ2) is 3.92. The number of hydrogen-bond donors (Lipinski definition) is 0. The van der Waals surface area contributed by atoms with E-state index in [0.717, 1.165) is 11.8 Å². The van der Waals surface area contributed by atoms with Crippen LogP contribution in [0.4, 0.5) is 0 Å². The maximum atomic E-state index is 4.92. The zero-order valence-electron chi connectivity index (χ0n) is 11.5. The Bertz CT molecular complexity index is 1150. The minimum absolute atomic E-state index is 0.969. The Morgan fingerprint density at radius 1 is 0.810 bits per heavy atom.